The van der Waals surface area contributed by atoms with E-state index in [0.29, 0.717) is 18.9 Å². The van der Waals surface area contributed by atoms with Crippen LogP contribution in [-0.2, 0) is 16.0 Å². The predicted molar refractivity (Wildman–Crippen MR) is 68.6 cm³/mol. The van der Waals surface area contributed by atoms with E-state index in [2.05, 4.69) is 4.98 Å². The highest BCUT2D eigenvalue weighted by molar-refractivity contribution is 5.89. The Balaban J connectivity index is 2.34. The number of rotatable bonds is 4. The van der Waals surface area contributed by atoms with Gasteiger partial charge in [0.15, 0.2) is 5.78 Å². The average molecular weight is 247 g/mol. The lowest BCUT2D eigenvalue weighted by Crippen LogP contribution is -2.41. The number of nitrogens with zero attached hydrogens (tertiary/aromatic N) is 1. The van der Waals surface area contributed by atoms with E-state index in [9.17, 15) is 4.79 Å². The normalized spacial score (nSPS) is 21.5. The minimum Gasteiger partial charge on any atom is -0.478 e. The number of methoxy groups -OCH3 is 1. The van der Waals surface area contributed by atoms with Crippen LogP contribution in [0.15, 0.2) is 18.2 Å². The second kappa shape index (κ2) is 4.90. The highest BCUT2D eigenvalue weighted by atomic mass is 16.5. The molecule has 0 aromatic carbocycles. The van der Waals surface area contributed by atoms with Crippen molar-refractivity contribution in [1.82, 2.24) is 4.98 Å². The van der Waals surface area contributed by atoms with Crippen molar-refractivity contribution in [3.8, 4) is 5.88 Å². The van der Waals surface area contributed by atoms with Crippen molar-refractivity contribution in [2.75, 3.05) is 13.7 Å². The lowest BCUT2D eigenvalue weighted by molar-refractivity contribution is -0.133. The molecule has 0 radical (unpaired) electrons. The SMILES string of the molecule is CCOc1ccc2c(n1)C=CC(OC)(C(C)=O)C2. The first-order valence-electron chi connectivity index (χ1n) is 5.99. The summed E-state index contributed by atoms with van der Waals surface area (Å²) in [5, 5.41) is 0. The molecule has 18 heavy (non-hydrogen) atoms. The van der Waals surface area contributed by atoms with E-state index in [1.54, 1.807) is 20.1 Å². The molecule has 1 aromatic rings. The van der Waals surface area contributed by atoms with Crippen molar-refractivity contribution in [1.29, 1.82) is 0 Å². The van der Waals surface area contributed by atoms with Crippen molar-refractivity contribution in [2.45, 2.75) is 25.9 Å². The van der Waals surface area contributed by atoms with Crippen molar-refractivity contribution < 1.29 is 14.3 Å². The molecule has 0 bridgehead atoms. The third-order valence-electron chi connectivity index (χ3n) is 3.20. The Hall–Kier alpha value is -1.68. The van der Waals surface area contributed by atoms with Gasteiger partial charge in [-0.25, -0.2) is 4.98 Å². The molecule has 2 rings (SSSR count). The summed E-state index contributed by atoms with van der Waals surface area (Å²) in [6.07, 6.45) is 4.12. The third-order valence-corrected chi connectivity index (χ3v) is 3.20. The number of Topliss-reactive ketones (excluding diaryl/α,β-unsaturated/α-hetero) is 1. The van der Waals surface area contributed by atoms with Crippen LogP contribution < -0.4 is 4.74 Å². The van der Waals surface area contributed by atoms with Crippen LogP contribution in [0.5, 0.6) is 5.88 Å². The van der Waals surface area contributed by atoms with E-state index in [1.165, 1.54) is 0 Å². The molecule has 0 saturated heterocycles. The van der Waals surface area contributed by atoms with Gasteiger partial charge in [-0.3, -0.25) is 4.79 Å². The molecule has 1 aliphatic rings. The van der Waals surface area contributed by atoms with Gasteiger partial charge in [0.05, 0.1) is 12.3 Å². The Morgan fingerprint density at radius 2 is 2.28 bits per heavy atom. The highest BCUT2D eigenvalue weighted by Gasteiger charge is 2.36. The zero-order valence-corrected chi connectivity index (χ0v) is 10.9. The van der Waals surface area contributed by atoms with Crippen molar-refractivity contribution >= 4 is 11.9 Å². The zero-order chi connectivity index (χ0) is 13.2. The van der Waals surface area contributed by atoms with E-state index in [1.807, 2.05) is 25.1 Å². The fourth-order valence-electron chi connectivity index (χ4n) is 2.09. The molecule has 0 saturated carbocycles. The van der Waals surface area contributed by atoms with Gasteiger partial charge < -0.3 is 9.47 Å². The first-order valence-corrected chi connectivity index (χ1v) is 5.99. The van der Waals surface area contributed by atoms with Gasteiger partial charge in [-0.05, 0) is 31.6 Å². The maximum Gasteiger partial charge on any atom is 0.213 e. The molecule has 0 spiro atoms. The lowest BCUT2D eigenvalue weighted by atomic mass is 9.85. The Bertz CT molecular complexity index is 496. The number of fused-ring (bicyclic) bond motifs is 1. The van der Waals surface area contributed by atoms with Crippen LogP contribution in [-0.4, -0.2) is 30.1 Å². The van der Waals surface area contributed by atoms with Gasteiger partial charge in [0, 0.05) is 19.6 Å². The summed E-state index contributed by atoms with van der Waals surface area (Å²) in [5.41, 5.74) is 0.995. The van der Waals surface area contributed by atoms with Crippen LogP contribution in [0.3, 0.4) is 0 Å². The van der Waals surface area contributed by atoms with Crippen LogP contribution in [0.2, 0.25) is 0 Å². The van der Waals surface area contributed by atoms with Gasteiger partial charge in [0.2, 0.25) is 5.88 Å². The second-order valence-corrected chi connectivity index (χ2v) is 4.29. The molecule has 1 aromatic heterocycles. The summed E-state index contributed by atoms with van der Waals surface area (Å²) < 4.78 is 10.7. The number of pyridine rings is 1. The van der Waals surface area contributed by atoms with E-state index < -0.39 is 5.60 Å². The molecule has 0 fully saturated rings. The first kappa shape index (κ1) is 12.8. The van der Waals surface area contributed by atoms with Crippen molar-refractivity contribution in [3.05, 3.63) is 29.5 Å². The second-order valence-electron chi connectivity index (χ2n) is 4.29. The van der Waals surface area contributed by atoms with Crippen LogP contribution >= 0.6 is 0 Å². The average Bonchev–Trinajstić information content (AvgIpc) is 2.38. The van der Waals surface area contributed by atoms with Crippen LogP contribution in [0.1, 0.15) is 25.1 Å². The Morgan fingerprint density at radius 3 is 2.89 bits per heavy atom. The maximum absolute atomic E-state index is 11.7. The first-order chi connectivity index (χ1) is 8.61. The molecule has 4 nitrogen and oxygen atoms in total. The van der Waals surface area contributed by atoms with Crippen LogP contribution in [0.4, 0.5) is 0 Å². The topological polar surface area (TPSA) is 48.4 Å². The molecule has 0 amide bonds. The Labute approximate surface area is 107 Å². The molecule has 1 aliphatic carbocycles. The minimum absolute atomic E-state index is 0.000727. The standard InChI is InChI=1S/C14H17NO3/c1-4-18-13-6-5-11-9-14(17-3,10(2)16)8-7-12(11)15-13/h5-8H,4,9H2,1-3H3. The van der Waals surface area contributed by atoms with E-state index in [0.717, 1.165) is 11.3 Å². The monoisotopic (exact) mass is 247 g/mol. The van der Waals surface area contributed by atoms with Crippen molar-refractivity contribution in [2.24, 2.45) is 0 Å². The quantitative estimate of drug-likeness (QED) is 0.816. The summed E-state index contributed by atoms with van der Waals surface area (Å²) in [7, 11) is 1.55. The predicted octanol–water partition coefficient (Wildman–Crippen LogP) is 2.02. The molecule has 1 heterocycles. The smallest absolute Gasteiger partial charge is 0.213 e. The molecule has 1 unspecified atom stereocenters. The Morgan fingerprint density at radius 1 is 1.50 bits per heavy atom. The fourth-order valence-corrected chi connectivity index (χ4v) is 2.09. The van der Waals surface area contributed by atoms with Gasteiger partial charge >= 0.3 is 0 Å². The largest absolute Gasteiger partial charge is 0.478 e. The highest BCUT2D eigenvalue weighted by Crippen LogP contribution is 2.29. The summed E-state index contributed by atoms with van der Waals surface area (Å²) >= 11 is 0. The molecule has 96 valence electrons. The number of carbonyl (C=O) groups is 1. The van der Waals surface area contributed by atoms with Gasteiger partial charge in [-0.1, -0.05) is 6.07 Å². The van der Waals surface area contributed by atoms with Crippen LogP contribution in [0, 0.1) is 0 Å². The maximum atomic E-state index is 11.7. The number of ketones is 1. The number of aromatic nitrogens is 1. The Kier molecular flexibility index (Phi) is 3.48. The summed E-state index contributed by atoms with van der Waals surface area (Å²) in [6.45, 7) is 4.05. The molecular formula is C14H17NO3. The van der Waals surface area contributed by atoms with E-state index in [-0.39, 0.29) is 5.78 Å². The van der Waals surface area contributed by atoms with Crippen molar-refractivity contribution in [3.63, 3.8) is 0 Å². The molecule has 0 aliphatic heterocycles. The fraction of sp³-hybridized carbons (Fsp3) is 0.429. The van der Waals surface area contributed by atoms with E-state index in [4.69, 9.17) is 9.47 Å². The van der Waals surface area contributed by atoms with Gasteiger partial charge in [-0.2, -0.15) is 0 Å². The van der Waals surface area contributed by atoms with Gasteiger partial charge in [-0.15, -0.1) is 0 Å². The summed E-state index contributed by atoms with van der Waals surface area (Å²) in [4.78, 5) is 16.1. The summed E-state index contributed by atoms with van der Waals surface area (Å²) in [5.74, 6) is 0.606. The number of ether oxygens (including phenoxy) is 2. The molecule has 4 heteroatoms. The number of hydrogen-bond acceptors (Lipinski definition) is 4. The summed E-state index contributed by atoms with van der Waals surface area (Å²) in [6, 6.07) is 3.76. The van der Waals surface area contributed by atoms with Crippen LogP contribution in [0.25, 0.3) is 6.08 Å². The minimum atomic E-state index is -0.845. The molecule has 1 atom stereocenters. The zero-order valence-electron chi connectivity index (χ0n) is 10.9. The number of hydrogen-bond donors (Lipinski definition) is 0. The van der Waals surface area contributed by atoms with E-state index >= 15 is 0 Å². The molecule has 0 N–H and O–H groups in total. The number of carbonyl (C=O) groups excluding carboxylic acids is 1. The van der Waals surface area contributed by atoms with Gasteiger partial charge in [0.25, 0.3) is 0 Å². The third kappa shape index (κ3) is 2.16. The lowest BCUT2D eigenvalue weighted by Gasteiger charge is -2.30. The van der Waals surface area contributed by atoms with Gasteiger partial charge in [0.1, 0.15) is 5.60 Å². The molecular weight excluding hydrogens is 230 g/mol.